The highest BCUT2D eigenvalue weighted by molar-refractivity contribution is 9.10. The first-order chi connectivity index (χ1) is 13.4. The predicted octanol–water partition coefficient (Wildman–Crippen LogP) is 3.71. The summed E-state index contributed by atoms with van der Waals surface area (Å²) >= 11 is 3.40. The van der Waals surface area contributed by atoms with E-state index in [9.17, 15) is 8.42 Å². The van der Waals surface area contributed by atoms with Crippen molar-refractivity contribution in [1.82, 2.24) is 4.90 Å². The van der Waals surface area contributed by atoms with Crippen LogP contribution in [-0.4, -0.2) is 51.3 Å². The van der Waals surface area contributed by atoms with Gasteiger partial charge in [-0.25, -0.2) is 8.42 Å². The molecule has 0 bridgehead atoms. The number of rotatable bonds is 9. The smallest absolute Gasteiger partial charge is 0.201 e. The van der Waals surface area contributed by atoms with Gasteiger partial charge in [-0.15, -0.1) is 0 Å². The van der Waals surface area contributed by atoms with Crippen LogP contribution in [0.4, 0.5) is 0 Å². The molecular weight excluding hydrogens is 442 g/mol. The zero-order valence-electron chi connectivity index (χ0n) is 15.8. The fourth-order valence-electron chi connectivity index (χ4n) is 3.23. The maximum atomic E-state index is 12.6. The Hall–Kier alpha value is -1.67. The van der Waals surface area contributed by atoms with Crippen molar-refractivity contribution in [2.75, 3.05) is 32.8 Å². The van der Waals surface area contributed by atoms with E-state index >= 15 is 0 Å². The van der Waals surface area contributed by atoms with Gasteiger partial charge in [-0.3, -0.25) is 0 Å². The molecule has 0 atom stereocenters. The third-order valence-electron chi connectivity index (χ3n) is 4.73. The maximum Gasteiger partial charge on any atom is 0.201 e. The van der Waals surface area contributed by atoms with E-state index in [0.717, 1.165) is 29.5 Å². The summed E-state index contributed by atoms with van der Waals surface area (Å²) in [6.45, 7) is 5.05. The largest absolute Gasteiger partial charge is 0.494 e. The summed E-state index contributed by atoms with van der Waals surface area (Å²) < 4.78 is 31.9. The van der Waals surface area contributed by atoms with Gasteiger partial charge in [0.1, 0.15) is 5.75 Å². The molecule has 1 aliphatic heterocycles. The molecule has 0 aliphatic carbocycles. The molecule has 0 amide bonds. The number of aliphatic hydroxyl groups is 1. The van der Waals surface area contributed by atoms with Crippen molar-refractivity contribution in [3.8, 4) is 5.75 Å². The first kappa shape index (κ1) is 21.0. The summed E-state index contributed by atoms with van der Waals surface area (Å²) in [5, 5.41) is 10.4. The van der Waals surface area contributed by atoms with E-state index in [1.54, 1.807) is 6.07 Å². The van der Waals surface area contributed by atoms with Crippen LogP contribution >= 0.6 is 15.9 Å². The minimum absolute atomic E-state index is 0.144. The number of fused-ring (bicyclic) bond motifs is 1. The van der Waals surface area contributed by atoms with Gasteiger partial charge in [0.15, 0.2) is 0 Å². The molecule has 0 radical (unpaired) electrons. The van der Waals surface area contributed by atoms with E-state index in [4.69, 9.17) is 9.84 Å². The van der Waals surface area contributed by atoms with Crippen LogP contribution < -0.4 is 4.74 Å². The normalized spacial score (nSPS) is 14.8. The molecule has 7 heteroatoms. The Morgan fingerprint density at radius 3 is 2.54 bits per heavy atom. The van der Waals surface area contributed by atoms with Crippen LogP contribution in [0.15, 0.2) is 57.2 Å². The Bertz CT molecular complexity index is 955. The molecule has 0 spiro atoms. The number of nitrogens with zero attached hydrogens (tertiary/aromatic N) is 1. The Morgan fingerprint density at radius 2 is 1.86 bits per heavy atom. The highest BCUT2D eigenvalue weighted by Gasteiger charge is 2.28. The highest BCUT2D eigenvalue weighted by atomic mass is 79.9. The number of sulfone groups is 1. The Morgan fingerprint density at radius 1 is 1.11 bits per heavy atom. The first-order valence-corrected chi connectivity index (χ1v) is 11.6. The van der Waals surface area contributed by atoms with Crippen LogP contribution in [0, 0.1) is 0 Å². The van der Waals surface area contributed by atoms with Crippen LogP contribution in [0.5, 0.6) is 5.75 Å². The van der Waals surface area contributed by atoms with Gasteiger partial charge in [0.05, 0.1) is 18.1 Å². The Labute approximate surface area is 174 Å². The van der Waals surface area contributed by atoms with Crippen molar-refractivity contribution in [3.63, 3.8) is 0 Å². The fraction of sp³-hybridized carbons (Fsp3) is 0.333. The van der Waals surface area contributed by atoms with E-state index in [2.05, 4.69) is 27.8 Å². The number of likely N-dealkylation sites (N-methyl/N-ethyl adjacent to an activating group) is 1. The average molecular weight is 466 g/mol. The third-order valence-corrected chi connectivity index (χ3v) is 6.75. The fourth-order valence-corrected chi connectivity index (χ4v) is 4.96. The van der Waals surface area contributed by atoms with Gasteiger partial charge in [-0.2, -0.15) is 0 Å². The maximum absolute atomic E-state index is 12.6. The van der Waals surface area contributed by atoms with Crippen molar-refractivity contribution in [2.45, 2.75) is 18.2 Å². The zero-order chi connectivity index (χ0) is 20.1. The lowest BCUT2D eigenvalue weighted by Crippen LogP contribution is -2.28. The minimum atomic E-state index is -3.48. The standard InChI is InChI=1S/C21H24BrNO4S/c1-2-23(11-12-24)10-3-13-27-18-8-9-19-20(15-28(25,26)21(19)14-18)16-4-6-17(22)7-5-16/h4-9,14-15,24H,2-3,10-13H2,1H3. The van der Waals surface area contributed by atoms with Crippen LogP contribution in [0.3, 0.4) is 0 Å². The summed E-state index contributed by atoms with van der Waals surface area (Å²) in [5.74, 6) is 0.554. The monoisotopic (exact) mass is 465 g/mol. The van der Waals surface area contributed by atoms with Gasteiger partial charge >= 0.3 is 0 Å². The van der Waals surface area contributed by atoms with Crippen molar-refractivity contribution >= 4 is 31.3 Å². The van der Waals surface area contributed by atoms with Crippen LogP contribution in [0.2, 0.25) is 0 Å². The molecule has 5 nitrogen and oxygen atoms in total. The minimum Gasteiger partial charge on any atom is -0.494 e. The molecule has 1 heterocycles. The van der Waals surface area contributed by atoms with Crippen molar-refractivity contribution < 1.29 is 18.3 Å². The summed E-state index contributed by atoms with van der Waals surface area (Å²) in [5.41, 5.74) is 2.27. The first-order valence-electron chi connectivity index (χ1n) is 9.28. The zero-order valence-corrected chi connectivity index (χ0v) is 18.2. The topological polar surface area (TPSA) is 66.8 Å². The second-order valence-electron chi connectivity index (χ2n) is 6.60. The van der Waals surface area contributed by atoms with Gasteiger partial charge in [0.25, 0.3) is 0 Å². The Balaban J connectivity index is 1.71. The molecular formula is C21H24BrNO4S. The van der Waals surface area contributed by atoms with E-state index in [1.165, 1.54) is 5.41 Å². The lowest BCUT2D eigenvalue weighted by Gasteiger charge is -2.18. The number of benzene rings is 2. The highest BCUT2D eigenvalue weighted by Crippen LogP contribution is 2.39. The van der Waals surface area contributed by atoms with Gasteiger partial charge in [-0.05, 0) is 48.9 Å². The summed E-state index contributed by atoms with van der Waals surface area (Å²) in [6, 6.07) is 12.8. The van der Waals surface area contributed by atoms with Crippen LogP contribution in [0.25, 0.3) is 5.57 Å². The molecule has 150 valence electrons. The molecule has 2 aromatic carbocycles. The predicted molar refractivity (Wildman–Crippen MR) is 114 cm³/mol. The molecule has 1 N–H and O–H groups in total. The summed E-state index contributed by atoms with van der Waals surface area (Å²) in [4.78, 5) is 2.43. The van der Waals surface area contributed by atoms with E-state index in [0.29, 0.717) is 34.9 Å². The molecule has 2 aromatic rings. The molecule has 0 fully saturated rings. The van der Waals surface area contributed by atoms with E-state index in [-0.39, 0.29) is 6.61 Å². The van der Waals surface area contributed by atoms with Crippen LogP contribution in [-0.2, 0) is 9.84 Å². The van der Waals surface area contributed by atoms with E-state index < -0.39 is 9.84 Å². The lowest BCUT2D eigenvalue weighted by molar-refractivity contribution is 0.189. The summed E-state index contributed by atoms with van der Waals surface area (Å²) in [6.07, 6.45) is 0.806. The number of halogens is 1. The Kier molecular flexibility index (Phi) is 6.93. The summed E-state index contributed by atoms with van der Waals surface area (Å²) in [7, 11) is -3.48. The molecule has 0 saturated heterocycles. The van der Waals surface area contributed by atoms with Crippen molar-refractivity contribution in [1.29, 1.82) is 0 Å². The van der Waals surface area contributed by atoms with Crippen molar-refractivity contribution in [3.05, 3.63) is 63.5 Å². The molecule has 0 unspecified atom stereocenters. The molecule has 28 heavy (non-hydrogen) atoms. The van der Waals surface area contributed by atoms with Gasteiger partial charge < -0.3 is 14.7 Å². The molecule has 3 rings (SSSR count). The molecule has 0 saturated carbocycles. The molecule has 1 aliphatic rings. The average Bonchev–Trinajstić information content (AvgIpc) is 2.95. The number of hydrogen-bond acceptors (Lipinski definition) is 5. The van der Waals surface area contributed by atoms with Gasteiger partial charge in [0, 0.05) is 34.1 Å². The van der Waals surface area contributed by atoms with E-state index in [1.807, 2.05) is 36.4 Å². The van der Waals surface area contributed by atoms with Crippen LogP contribution in [0.1, 0.15) is 24.5 Å². The van der Waals surface area contributed by atoms with Gasteiger partial charge in [0.2, 0.25) is 9.84 Å². The number of hydrogen-bond donors (Lipinski definition) is 1. The molecule has 0 aromatic heterocycles. The SMILES string of the molecule is CCN(CCO)CCCOc1ccc2c(c1)S(=O)(=O)C=C2c1ccc(Br)cc1. The van der Waals surface area contributed by atoms with Crippen molar-refractivity contribution in [2.24, 2.45) is 0 Å². The number of aliphatic hydroxyl groups excluding tert-OH is 1. The second-order valence-corrected chi connectivity index (χ2v) is 9.28. The second kappa shape index (κ2) is 9.22. The quantitative estimate of drug-likeness (QED) is 0.571. The number of ether oxygens (including phenoxy) is 1. The van der Waals surface area contributed by atoms with Gasteiger partial charge in [-0.1, -0.05) is 35.0 Å². The lowest BCUT2D eigenvalue weighted by atomic mass is 10.00. The third kappa shape index (κ3) is 4.84.